The van der Waals surface area contributed by atoms with E-state index in [2.05, 4.69) is 0 Å². The Bertz CT molecular complexity index is 4250. The van der Waals surface area contributed by atoms with Gasteiger partial charge in [-0.1, -0.05) is 164 Å². The van der Waals surface area contributed by atoms with Crippen molar-refractivity contribution in [2.45, 2.75) is 31.1 Å². The number of fused-ring (bicyclic) bond motifs is 3. The van der Waals surface area contributed by atoms with Crippen molar-refractivity contribution in [3.63, 3.8) is 0 Å². The van der Waals surface area contributed by atoms with Gasteiger partial charge in [0.25, 0.3) is 0 Å². The second kappa shape index (κ2) is 20.7. The van der Waals surface area contributed by atoms with Crippen LogP contribution in [0.15, 0.2) is 235 Å². The van der Waals surface area contributed by atoms with Gasteiger partial charge < -0.3 is 4.57 Å². The van der Waals surface area contributed by atoms with Crippen molar-refractivity contribution in [2.24, 2.45) is 5.92 Å². The van der Waals surface area contributed by atoms with E-state index in [9.17, 15) is 39.5 Å². The van der Waals surface area contributed by atoms with Gasteiger partial charge in [0.1, 0.15) is 0 Å². The molecule has 0 fully saturated rings. The van der Waals surface area contributed by atoms with Crippen LogP contribution in [0.5, 0.6) is 0 Å². The molecule has 10 aromatic rings. The molecule has 0 aliphatic heterocycles. The van der Waals surface area contributed by atoms with E-state index in [-0.39, 0.29) is 56.7 Å². The second-order valence-electron chi connectivity index (χ2n) is 19.7. The number of benzene rings is 7. The van der Waals surface area contributed by atoms with Gasteiger partial charge in [-0.25, -0.2) is 19.9 Å². The Morgan fingerprint density at radius 2 is 0.880 bits per heavy atom. The fourth-order valence-electron chi connectivity index (χ4n) is 10.6. The van der Waals surface area contributed by atoms with E-state index in [1.54, 1.807) is 41.0 Å². The zero-order chi connectivity index (χ0) is 58.0. The molecule has 83 heavy (non-hydrogen) atoms. The van der Waals surface area contributed by atoms with E-state index in [1.807, 2.05) is 115 Å². The first-order chi connectivity index (χ1) is 39.7. The fraction of sp³-hybridized carbons (Fsp3) is 0.0909. The van der Waals surface area contributed by atoms with Crippen LogP contribution < -0.4 is 10.4 Å². The SMILES string of the molecule is FC(F)(F)C1=CCC(=c2ccc3c4ccc(=C5C=CC(C(F)(F)F)=CC5C(F)(F)F)cc4n(-c4ccc(-c5nc(-c6ccccc6)cc(-c6ccccc6)n5)cc4-c4cc(-c5ccccc5)nc(-c5ccccc5)n4)c3c2)C(C(F)(F)F)=C1. The van der Waals surface area contributed by atoms with Gasteiger partial charge in [-0.3, -0.25) is 0 Å². The Morgan fingerprint density at radius 3 is 1.39 bits per heavy atom. The molecule has 0 bridgehead atoms. The van der Waals surface area contributed by atoms with E-state index in [0.717, 1.165) is 17.2 Å². The lowest BCUT2D eigenvalue weighted by molar-refractivity contribution is -0.147. The molecule has 7 aromatic carbocycles. The number of alkyl halides is 12. The third-order valence-corrected chi connectivity index (χ3v) is 14.5. The highest BCUT2D eigenvalue weighted by Crippen LogP contribution is 2.45. The highest BCUT2D eigenvalue weighted by atomic mass is 19.4. The van der Waals surface area contributed by atoms with Gasteiger partial charge in [0.2, 0.25) is 0 Å². The summed E-state index contributed by atoms with van der Waals surface area (Å²) in [5.74, 6) is -2.19. The molecule has 0 radical (unpaired) electrons. The summed E-state index contributed by atoms with van der Waals surface area (Å²) in [6.07, 6.45) is -19.2. The topological polar surface area (TPSA) is 56.5 Å². The summed E-state index contributed by atoms with van der Waals surface area (Å²) in [6, 6.07) is 54.1. The van der Waals surface area contributed by atoms with Crippen molar-refractivity contribution < 1.29 is 52.7 Å². The van der Waals surface area contributed by atoms with Crippen LogP contribution in [-0.4, -0.2) is 49.2 Å². The molecule has 3 aromatic heterocycles. The average molecular weight is 1130 g/mol. The van der Waals surface area contributed by atoms with Crippen molar-refractivity contribution >= 4 is 33.0 Å². The predicted octanol–water partition coefficient (Wildman–Crippen LogP) is 17.3. The highest BCUT2D eigenvalue weighted by molar-refractivity contribution is 6.10. The summed E-state index contributed by atoms with van der Waals surface area (Å²) in [7, 11) is 0. The Hall–Kier alpha value is -9.64. The van der Waals surface area contributed by atoms with Crippen molar-refractivity contribution in [1.29, 1.82) is 0 Å². The van der Waals surface area contributed by atoms with Gasteiger partial charge in [-0.05, 0) is 82.6 Å². The lowest BCUT2D eigenvalue weighted by atomic mass is 9.88. The monoisotopic (exact) mass is 1130 g/mol. The van der Waals surface area contributed by atoms with Crippen molar-refractivity contribution in [3.05, 3.63) is 246 Å². The van der Waals surface area contributed by atoms with Crippen LogP contribution in [0.2, 0.25) is 0 Å². The summed E-state index contributed by atoms with van der Waals surface area (Å²) in [6.45, 7) is 0. The van der Waals surface area contributed by atoms with E-state index in [0.29, 0.717) is 62.3 Å². The molecule has 12 rings (SSSR count). The molecule has 0 saturated carbocycles. The Labute approximate surface area is 464 Å². The first kappa shape index (κ1) is 54.0. The summed E-state index contributed by atoms with van der Waals surface area (Å²) in [5.41, 5.74) is 0.524. The van der Waals surface area contributed by atoms with Gasteiger partial charge in [0.15, 0.2) is 11.6 Å². The van der Waals surface area contributed by atoms with Crippen LogP contribution in [0.3, 0.4) is 0 Å². The van der Waals surface area contributed by atoms with Crippen molar-refractivity contribution in [1.82, 2.24) is 24.5 Å². The molecule has 0 spiro atoms. The molecule has 5 nitrogen and oxygen atoms in total. The molecule has 1 atom stereocenters. The lowest BCUT2D eigenvalue weighted by Crippen LogP contribution is -2.29. The van der Waals surface area contributed by atoms with E-state index in [1.165, 1.54) is 36.4 Å². The molecule has 3 heterocycles. The van der Waals surface area contributed by atoms with E-state index in [4.69, 9.17) is 19.9 Å². The standard InChI is InChI=1S/C66H39F12N5/c67-63(68,69)45-24-28-47(52(34-45)65(73,74)75)42-21-26-49-50-27-22-43(48-29-25-46(64(70,71)72)35-53(48)66(76,77)78)33-60(50)83(59(49)32-42)58-30-23-44(62-80-54(38-13-5-1-6-14-38)36-55(81-62)39-15-7-2-8-16-39)31-51(58)57-37-56(40-17-9-3-10-18-40)79-61(82-57)41-19-11-4-12-20-41/h1-28,30-37,52H,29H2. The summed E-state index contributed by atoms with van der Waals surface area (Å²) >= 11 is 0. The Morgan fingerprint density at radius 1 is 0.410 bits per heavy atom. The quantitative estimate of drug-likeness (QED) is 0.149. The van der Waals surface area contributed by atoms with Crippen molar-refractivity contribution in [3.8, 4) is 73.5 Å². The molecular weight excluding hydrogens is 1090 g/mol. The minimum atomic E-state index is -5.25. The number of allylic oxidation sites excluding steroid dienone is 8. The maximum atomic E-state index is 15.0. The molecule has 0 saturated heterocycles. The molecule has 412 valence electrons. The van der Waals surface area contributed by atoms with Gasteiger partial charge >= 0.3 is 24.7 Å². The van der Waals surface area contributed by atoms with Crippen LogP contribution in [0.4, 0.5) is 52.7 Å². The average Bonchev–Trinajstić information content (AvgIpc) is 2.88. The number of hydrogen-bond acceptors (Lipinski definition) is 4. The lowest BCUT2D eigenvalue weighted by Gasteiger charge is -2.24. The first-order valence-electron chi connectivity index (χ1n) is 25.7. The minimum absolute atomic E-state index is 0.0636. The molecule has 2 aliphatic rings. The normalized spacial score (nSPS) is 16.5. The smallest absolute Gasteiger partial charge is 0.309 e. The predicted molar refractivity (Wildman–Crippen MR) is 296 cm³/mol. The maximum Gasteiger partial charge on any atom is 0.416 e. The van der Waals surface area contributed by atoms with Crippen LogP contribution in [-0.2, 0) is 0 Å². The third-order valence-electron chi connectivity index (χ3n) is 14.5. The molecular formula is C66H39F12N5. The number of nitrogens with zero attached hydrogens (tertiary/aromatic N) is 5. The number of halogens is 12. The highest BCUT2D eigenvalue weighted by Gasteiger charge is 2.45. The van der Waals surface area contributed by atoms with Gasteiger partial charge in [-0.2, -0.15) is 52.7 Å². The van der Waals surface area contributed by atoms with E-state index >= 15 is 13.2 Å². The minimum Gasteiger partial charge on any atom is -0.309 e. The number of aromatic nitrogens is 5. The largest absolute Gasteiger partial charge is 0.416 e. The molecule has 1 unspecified atom stereocenters. The van der Waals surface area contributed by atoms with Crippen LogP contribution >= 0.6 is 0 Å². The number of hydrogen-bond donors (Lipinski definition) is 0. The summed E-state index contributed by atoms with van der Waals surface area (Å²) in [5, 5.41) is 0.450. The summed E-state index contributed by atoms with van der Waals surface area (Å²) < 4.78 is 176. The molecule has 2 aliphatic carbocycles. The molecule has 0 N–H and O–H groups in total. The van der Waals surface area contributed by atoms with Gasteiger partial charge in [0, 0.05) is 44.2 Å². The summed E-state index contributed by atoms with van der Waals surface area (Å²) in [4.78, 5) is 20.3. The fourth-order valence-corrected chi connectivity index (χ4v) is 10.6. The Kier molecular flexibility index (Phi) is 13.5. The van der Waals surface area contributed by atoms with E-state index < -0.39 is 64.9 Å². The zero-order valence-corrected chi connectivity index (χ0v) is 42.8. The number of rotatable bonds is 7. The van der Waals surface area contributed by atoms with Gasteiger partial charge in [0.05, 0.1) is 62.1 Å². The molecule has 0 amide bonds. The second-order valence-corrected chi connectivity index (χ2v) is 19.7. The Balaban J connectivity index is 1.21. The first-order valence-corrected chi connectivity index (χ1v) is 25.7. The van der Waals surface area contributed by atoms with Gasteiger partial charge in [-0.15, -0.1) is 0 Å². The van der Waals surface area contributed by atoms with Crippen LogP contribution in [0.25, 0.3) is 106 Å². The third kappa shape index (κ3) is 10.7. The molecule has 17 heteroatoms. The van der Waals surface area contributed by atoms with Crippen molar-refractivity contribution in [2.75, 3.05) is 0 Å². The zero-order valence-electron chi connectivity index (χ0n) is 42.8. The maximum absolute atomic E-state index is 15.0. The van der Waals surface area contributed by atoms with Crippen LogP contribution in [0, 0.1) is 5.92 Å². The van der Waals surface area contributed by atoms with Crippen LogP contribution in [0.1, 0.15) is 6.42 Å².